The van der Waals surface area contributed by atoms with Crippen LogP contribution in [0.2, 0.25) is 0 Å². The zero-order valence-electron chi connectivity index (χ0n) is 14.6. The smallest absolute Gasteiger partial charge is 0.281 e. The minimum atomic E-state index is -1.66. The molecule has 5 N–H and O–H groups in total. The van der Waals surface area contributed by atoms with Crippen LogP contribution in [0.5, 0.6) is 0 Å². The van der Waals surface area contributed by atoms with Crippen LogP contribution in [0, 0.1) is 10.1 Å². The SMILES string of the molecule is C/C(N[C@H]1C(O)O[C@H](CO)[C@@H](O)[C@@H]1O)=C1/C(=O)c2cccc([N+](=O)[O-])c2C1=O. The number of ether oxygens (including phenoxy) is 1. The van der Waals surface area contributed by atoms with Crippen molar-refractivity contribution in [3.63, 3.8) is 0 Å². The maximum atomic E-state index is 12.7. The molecule has 11 nitrogen and oxygen atoms in total. The quantitative estimate of drug-likeness (QED) is 0.177. The Morgan fingerprint density at radius 2 is 1.89 bits per heavy atom. The molecule has 0 amide bonds. The van der Waals surface area contributed by atoms with Crippen molar-refractivity contribution in [2.75, 3.05) is 6.61 Å². The highest BCUT2D eigenvalue weighted by Gasteiger charge is 2.45. The third-order valence-corrected chi connectivity index (χ3v) is 4.82. The number of Topliss-reactive ketones (excluding diaryl/α,β-unsaturated/α-hetero) is 2. The molecule has 0 bridgehead atoms. The van der Waals surface area contributed by atoms with E-state index in [1.54, 1.807) is 0 Å². The number of fused-ring (bicyclic) bond motifs is 1. The van der Waals surface area contributed by atoms with Crippen LogP contribution in [0.4, 0.5) is 5.69 Å². The summed E-state index contributed by atoms with van der Waals surface area (Å²) in [4.78, 5) is 35.7. The monoisotopic (exact) mass is 394 g/mol. The van der Waals surface area contributed by atoms with Gasteiger partial charge in [0.05, 0.1) is 17.1 Å². The van der Waals surface area contributed by atoms with Gasteiger partial charge >= 0.3 is 0 Å². The van der Waals surface area contributed by atoms with Crippen LogP contribution in [0.25, 0.3) is 0 Å². The van der Waals surface area contributed by atoms with Crippen LogP contribution in [0.1, 0.15) is 27.6 Å². The summed E-state index contributed by atoms with van der Waals surface area (Å²) < 4.78 is 5.01. The lowest BCUT2D eigenvalue weighted by molar-refractivity contribution is -0.385. The Morgan fingerprint density at radius 3 is 2.50 bits per heavy atom. The largest absolute Gasteiger partial charge is 0.394 e. The van der Waals surface area contributed by atoms with Crippen molar-refractivity contribution < 1.29 is 39.7 Å². The fraction of sp³-hybridized carbons (Fsp3) is 0.412. The van der Waals surface area contributed by atoms with Gasteiger partial charge in [-0.3, -0.25) is 19.7 Å². The molecule has 0 spiro atoms. The molecule has 0 saturated carbocycles. The molecule has 1 unspecified atom stereocenters. The molecule has 1 aliphatic heterocycles. The van der Waals surface area contributed by atoms with E-state index in [4.69, 9.17) is 9.84 Å². The van der Waals surface area contributed by atoms with E-state index < -0.39 is 59.4 Å². The topological polar surface area (TPSA) is 179 Å². The lowest BCUT2D eigenvalue weighted by Gasteiger charge is -2.41. The number of hydrogen-bond donors (Lipinski definition) is 5. The number of rotatable bonds is 4. The van der Waals surface area contributed by atoms with Gasteiger partial charge in [-0.05, 0) is 13.0 Å². The molecule has 3 rings (SSSR count). The molecule has 28 heavy (non-hydrogen) atoms. The average molecular weight is 394 g/mol. The van der Waals surface area contributed by atoms with Gasteiger partial charge in [-0.2, -0.15) is 0 Å². The summed E-state index contributed by atoms with van der Waals surface area (Å²) in [5.41, 5.74) is -1.36. The number of aliphatic hydroxyl groups excluding tert-OH is 4. The molecule has 1 aromatic carbocycles. The van der Waals surface area contributed by atoms with E-state index in [1.807, 2.05) is 0 Å². The fourth-order valence-electron chi connectivity index (χ4n) is 3.40. The summed E-state index contributed by atoms with van der Waals surface area (Å²) in [5, 5.41) is 53.0. The van der Waals surface area contributed by atoms with Crippen molar-refractivity contribution in [2.45, 2.75) is 37.6 Å². The van der Waals surface area contributed by atoms with Crippen molar-refractivity contribution in [1.29, 1.82) is 0 Å². The number of carbonyl (C=O) groups excluding carboxylic acids is 2. The van der Waals surface area contributed by atoms with E-state index in [0.717, 1.165) is 6.07 Å². The second-order valence-electron chi connectivity index (χ2n) is 6.51. The number of hydrogen-bond acceptors (Lipinski definition) is 10. The zero-order chi connectivity index (χ0) is 20.7. The molecule has 1 saturated heterocycles. The van der Waals surface area contributed by atoms with Crippen molar-refractivity contribution in [3.05, 3.63) is 50.7 Å². The minimum absolute atomic E-state index is 0.0538. The number of benzene rings is 1. The van der Waals surface area contributed by atoms with E-state index in [9.17, 15) is 35.0 Å². The first-order chi connectivity index (χ1) is 13.2. The molecule has 11 heteroatoms. The molecule has 1 heterocycles. The van der Waals surface area contributed by atoms with Crippen molar-refractivity contribution >= 4 is 17.3 Å². The minimum Gasteiger partial charge on any atom is -0.394 e. The number of nitro benzene ring substituents is 1. The number of nitrogens with one attached hydrogen (secondary N) is 1. The third kappa shape index (κ3) is 3.08. The number of ketones is 2. The van der Waals surface area contributed by atoms with Crippen LogP contribution in [0.15, 0.2) is 29.5 Å². The Balaban J connectivity index is 1.94. The Labute approximate surface area is 158 Å². The first-order valence-corrected chi connectivity index (χ1v) is 8.33. The molecule has 2 aliphatic rings. The molecule has 0 radical (unpaired) electrons. The highest BCUT2D eigenvalue weighted by molar-refractivity contribution is 6.40. The predicted octanol–water partition coefficient (Wildman–Crippen LogP) is -1.36. The molecular weight excluding hydrogens is 376 g/mol. The van der Waals surface area contributed by atoms with Gasteiger partial charge in [-0.15, -0.1) is 0 Å². The maximum absolute atomic E-state index is 12.7. The lowest BCUT2D eigenvalue weighted by Crippen LogP contribution is -2.63. The van der Waals surface area contributed by atoms with Gasteiger partial charge in [-0.25, -0.2) is 0 Å². The average Bonchev–Trinajstić information content (AvgIpc) is 2.92. The van der Waals surface area contributed by atoms with Crippen molar-refractivity contribution in [2.24, 2.45) is 0 Å². The highest BCUT2D eigenvalue weighted by Crippen LogP contribution is 2.34. The number of aliphatic hydroxyl groups is 4. The van der Waals surface area contributed by atoms with E-state index in [1.165, 1.54) is 19.1 Å². The highest BCUT2D eigenvalue weighted by atomic mass is 16.6. The molecular formula is C17H18N2O9. The van der Waals surface area contributed by atoms with E-state index in [0.29, 0.717) is 0 Å². The summed E-state index contributed by atoms with van der Waals surface area (Å²) in [5.74, 6) is -1.59. The Kier molecular flexibility index (Phi) is 5.28. The summed E-state index contributed by atoms with van der Waals surface area (Å²) in [6.07, 6.45) is -5.98. The van der Waals surface area contributed by atoms with Gasteiger partial charge in [0.1, 0.15) is 29.9 Å². The number of allylic oxidation sites excluding steroid dienone is 2. The predicted molar refractivity (Wildman–Crippen MR) is 91.4 cm³/mol. The molecule has 1 aromatic rings. The van der Waals surface area contributed by atoms with Crippen molar-refractivity contribution in [1.82, 2.24) is 5.32 Å². The van der Waals surface area contributed by atoms with Crippen LogP contribution in [-0.2, 0) is 4.74 Å². The molecule has 5 atom stereocenters. The van der Waals surface area contributed by atoms with Gasteiger partial charge in [0, 0.05) is 17.3 Å². The van der Waals surface area contributed by atoms with Crippen LogP contribution < -0.4 is 5.32 Å². The summed E-state index contributed by atoms with van der Waals surface area (Å²) in [7, 11) is 0. The van der Waals surface area contributed by atoms with Crippen molar-refractivity contribution in [3.8, 4) is 0 Å². The fourth-order valence-corrected chi connectivity index (χ4v) is 3.40. The second-order valence-corrected chi connectivity index (χ2v) is 6.51. The number of nitro groups is 1. The third-order valence-electron chi connectivity index (χ3n) is 4.82. The van der Waals surface area contributed by atoms with E-state index in [-0.39, 0.29) is 22.4 Å². The zero-order valence-corrected chi connectivity index (χ0v) is 14.6. The first-order valence-electron chi connectivity index (χ1n) is 8.33. The van der Waals surface area contributed by atoms with Gasteiger partial charge in [-0.1, -0.05) is 6.07 Å². The number of nitrogens with zero attached hydrogens (tertiary/aromatic N) is 1. The summed E-state index contributed by atoms with van der Waals surface area (Å²) in [6.45, 7) is 0.685. The van der Waals surface area contributed by atoms with E-state index in [2.05, 4.69) is 5.32 Å². The second kappa shape index (κ2) is 7.37. The summed E-state index contributed by atoms with van der Waals surface area (Å²) in [6, 6.07) is 2.39. The van der Waals surface area contributed by atoms with Gasteiger partial charge in [0.15, 0.2) is 12.1 Å². The number of carbonyl (C=O) groups is 2. The van der Waals surface area contributed by atoms with Crippen LogP contribution in [0.3, 0.4) is 0 Å². The first kappa shape index (κ1) is 20.0. The van der Waals surface area contributed by atoms with Crippen LogP contribution >= 0.6 is 0 Å². The lowest BCUT2D eigenvalue weighted by atomic mass is 9.96. The molecule has 150 valence electrons. The standard InChI is InChI=1S/C17H18N2O9/c1-6(18-12-16(24)14(22)9(5-20)28-17(12)25)10-13(21)7-3-2-4-8(19(26)27)11(7)15(10)23/h2-4,9,12,14,16-18,20,22,24-25H,5H2,1H3/b10-6+/t9-,12-,14-,16-,17?/m1/s1. The van der Waals surface area contributed by atoms with Gasteiger partial charge < -0.3 is 30.5 Å². The Morgan fingerprint density at radius 1 is 1.21 bits per heavy atom. The Hall–Kier alpha value is -2.70. The Bertz CT molecular complexity index is 881. The molecule has 1 aliphatic carbocycles. The molecule has 0 aromatic heterocycles. The van der Waals surface area contributed by atoms with E-state index >= 15 is 0 Å². The van der Waals surface area contributed by atoms with Gasteiger partial charge in [0.25, 0.3) is 5.69 Å². The van der Waals surface area contributed by atoms with Crippen LogP contribution in [-0.4, -0.2) is 74.2 Å². The summed E-state index contributed by atoms with van der Waals surface area (Å²) >= 11 is 0. The molecule has 1 fully saturated rings. The normalized spacial score (nSPS) is 31.5. The van der Waals surface area contributed by atoms with Gasteiger partial charge in [0.2, 0.25) is 5.78 Å². The maximum Gasteiger partial charge on any atom is 0.281 e.